The number of ether oxygens (including phenoxy) is 1. The summed E-state index contributed by atoms with van der Waals surface area (Å²) >= 11 is 6.07. The molecule has 29 heavy (non-hydrogen) atoms. The van der Waals surface area contributed by atoms with Gasteiger partial charge in [0.2, 0.25) is 5.88 Å². The average molecular weight is 413 g/mol. The van der Waals surface area contributed by atoms with Crippen molar-refractivity contribution in [2.75, 3.05) is 24.5 Å². The predicted octanol–water partition coefficient (Wildman–Crippen LogP) is 4.17. The van der Waals surface area contributed by atoms with Crippen molar-refractivity contribution in [3.63, 3.8) is 0 Å². The first kappa shape index (κ1) is 19.3. The number of hydrogen-bond donors (Lipinski definition) is 0. The van der Waals surface area contributed by atoms with E-state index in [9.17, 15) is 4.79 Å². The lowest BCUT2D eigenvalue weighted by Crippen LogP contribution is -2.54. The van der Waals surface area contributed by atoms with Crippen LogP contribution < -0.4 is 9.64 Å². The Labute approximate surface area is 173 Å². The van der Waals surface area contributed by atoms with Gasteiger partial charge in [-0.25, -0.2) is 9.97 Å². The van der Waals surface area contributed by atoms with Crippen LogP contribution in [0.2, 0.25) is 5.02 Å². The van der Waals surface area contributed by atoms with Gasteiger partial charge in [-0.2, -0.15) is 0 Å². The Balaban J connectivity index is 1.45. The van der Waals surface area contributed by atoms with Crippen LogP contribution in [0.15, 0.2) is 53.4 Å². The number of furan rings is 1. The molecule has 0 spiro atoms. The molecule has 0 aliphatic carbocycles. The van der Waals surface area contributed by atoms with Crippen molar-refractivity contribution in [3.05, 3.63) is 65.3 Å². The molecule has 7 nitrogen and oxygen atoms in total. The number of hydrogen-bond acceptors (Lipinski definition) is 6. The minimum atomic E-state index is -0.0908. The first-order valence-corrected chi connectivity index (χ1v) is 9.74. The van der Waals surface area contributed by atoms with Crippen molar-refractivity contribution in [1.82, 2.24) is 14.9 Å². The summed E-state index contributed by atoms with van der Waals surface area (Å²) in [5.41, 5.74) is 0.935. The van der Waals surface area contributed by atoms with E-state index in [1.54, 1.807) is 30.3 Å². The highest BCUT2D eigenvalue weighted by molar-refractivity contribution is 6.31. The third-order valence-corrected chi connectivity index (χ3v) is 5.35. The fourth-order valence-corrected chi connectivity index (χ4v) is 3.49. The lowest BCUT2D eigenvalue weighted by molar-refractivity contribution is 0.0641. The molecule has 0 N–H and O–H groups in total. The molecule has 2 aromatic heterocycles. The molecule has 1 atom stereocenters. The minimum absolute atomic E-state index is 0.0135. The molecule has 1 aliphatic heterocycles. The summed E-state index contributed by atoms with van der Waals surface area (Å²) in [4.78, 5) is 25.1. The van der Waals surface area contributed by atoms with Crippen LogP contribution in [0.25, 0.3) is 0 Å². The van der Waals surface area contributed by atoms with E-state index in [0.29, 0.717) is 42.0 Å². The second-order valence-corrected chi connectivity index (χ2v) is 7.41. The van der Waals surface area contributed by atoms with E-state index >= 15 is 0 Å². The molecule has 0 saturated carbocycles. The molecule has 0 radical (unpaired) electrons. The van der Waals surface area contributed by atoms with Crippen molar-refractivity contribution in [2.45, 2.75) is 19.9 Å². The van der Waals surface area contributed by atoms with Crippen LogP contribution in [-0.2, 0) is 0 Å². The van der Waals surface area contributed by atoms with Crippen LogP contribution >= 0.6 is 11.6 Å². The van der Waals surface area contributed by atoms with Crippen molar-refractivity contribution in [1.29, 1.82) is 0 Å². The smallest absolute Gasteiger partial charge is 0.289 e. The molecule has 8 heteroatoms. The van der Waals surface area contributed by atoms with Crippen molar-refractivity contribution >= 4 is 23.3 Å². The highest BCUT2D eigenvalue weighted by atomic mass is 35.5. The maximum absolute atomic E-state index is 12.6. The monoisotopic (exact) mass is 412 g/mol. The molecule has 0 bridgehead atoms. The fraction of sp³-hybridized carbons (Fsp3) is 0.286. The zero-order chi connectivity index (χ0) is 20.4. The lowest BCUT2D eigenvalue weighted by Gasteiger charge is -2.40. The Kier molecular flexibility index (Phi) is 5.40. The van der Waals surface area contributed by atoms with Gasteiger partial charge in [-0.1, -0.05) is 11.6 Å². The number of rotatable bonds is 4. The minimum Gasteiger partial charge on any atom is -0.459 e. The molecule has 1 aliphatic rings. The number of anilines is 1. The van der Waals surface area contributed by atoms with Crippen LogP contribution in [0.3, 0.4) is 0 Å². The third kappa shape index (κ3) is 4.19. The topological polar surface area (TPSA) is 71.7 Å². The van der Waals surface area contributed by atoms with E-state index in [0.717, 1.165) is 11.4 Å². The first-order valence-electron chi connectivity index (χ1n) is 9.37. The van der Waals surface area contributed by atoms with Gasteiger partial charge < -0.3 is 19.0 Å². The summed E-state index contributed by atoms with van der Waals surface area (Å²) < 4.78 is 11.1. The summed E-state index contributed by atoms with van der Waals surface area (Å²) in [6.45, 7) is 5.83. The normalized spacial score (nSPS) is 16.7. The summed E-state index contributed by atoms with van der Waals surface area (Å²) in [6.07, 6.45) is 3.00. The maximum Gasteiger partial charge on any atom is 0.289 e. The van der Waals surface area contributed by atoms with Gasteiger partial charge in [0.05, 0.1) is 6.26 Å². The fourth-order valence-electron chi connectivity index (χ4n) is 3.37. The highest BCUT2D eigenvalue weighted by Crippen LogP contribution is 2.27. The number of carbonyl (C=O) groups is 1. The molecule has 3 aromatic rings. The Morgan fingerprint density at radius 2 is 2.10 bits per heavy atom. The molecular formula is C21H21ClN4O3. The molecule has 4 rings (SSSR count). The summed E-state index contributed by atoms with van der Waals surface area (Å²) in [6, 6.07) is 10.7. The van der Waals surface area contributed by atoms with E-state index < -0.39 is 0 Å². The number of nitrogens with zero attached hydrogens (tertiary/aromatic N) is 4. The molecule has 0 unspecified atom stereocenters. The summed E-state index contributed by atoms with van der Waals surface area (Å²) in [7, 11) is 0. The largest absolute Gasteiger partial charge is 0.459 e. The van der Waals surface area contributed by atoms with Crippen molar-refractivity contribution < 1.29 is 13.9 Å². The SMILES string of the molecule is Cc1cc(Oc2cc(N3CCN(C(=O)c4ccco4)[C@H](C)C3)ncn2)ccc1Cl. The number of halogens is 1. The van der Waals surface area contributed by atoms with Crippen molar-refractivity contribution in [2.24, 2.45) is 0 Å². The van der Waals surface area contributed by atoms with Gasteiger partial charge in [0, 0.05) is 36.8 Å². The molecule has 1 amide bonds. The van der Waals surface area contributed by atoms with E-state index in [-0.39, 0.29) is 11.9 Å². The number of aromatic nitrogens is 2. The highest BCUT2D eigenvalue weighted by Gasteiger charge is 2.30. The second kappa shape index (κ2) is 8.13. The Bertz CT molecular complexity index is 1010. The Morgan fingerprint density at radius 1 is 1.24 bits per heavy atom. The van der Waals surface area contributed by atoms with Gasteiger partial charge in [0.25, 0.3) is 5.91 Å². The van der Waals surface area contributed by atoms with Crippen LogP contribution in [-0.4, -0.2) is 46.5 Å². The zero-order valence-electron chi connectivity index (χ0n) is 16.2. The number of carbonyl (C=O) groups excluding carboxylic acids is 1. The average Bonchev–Trinajstić information content (AvgIpc) is 3.25. The van der Waals surface area contributed by atoms with Gasteiger partial charge in [-0.3, -0.25) is 4.79 Å². The van der Waals surface area contributed by atoms with Gasteiger partial charge in [0.1, 0.15) is 17.9 Å². The van der Waals surface area contributed by atoms with E-state index in [4.69, 9.17) is 20.8 Å². The van der Waals surface area contributed by atoms with Crippen LogP contribution in [0.5, 0.6) is 11.6 Å². The first-order chi connectivity index (χ1) is 14.0. The maximum atomic E-state index is 12.6. The number of piperazine rings is 1. The molecular weight excluding hydrogens is 392 g/mol. The van der Waals surface area contributed by atoms with Crippen LogP contribution in [0.1, 0.15) is 23.0 Å². The van der Waals surface area contributed by atoms with E-state index in [1.807, 2.05) is 24.8 Å². The predicted molar refractivity (Wildman–Crippen MR) is 110 cm³/mol. The molecule has 1 aromatic carbocycles. The van der Waals surface area contributed by atoms with Crippen LogP contribution in [0.4, 0.5) is 5.82 Å². The molecule has 1 saturated heterocycles. The number of aryl methyl sites for hydroxylation is 1. The third-order valence-electron chi connectivity index (χ3n) is 4.92. The molecule has 1 fully saturated rings. The van der Waals surface area contributed by atoms with Gasteiger partial charge in [-0.05, 0) is 49.7 Å². The second-order valence-electron chi connectivity index (χ2n) is 7.00. The van der Waals surface area contributed by atoms with Crippen molar-refractivity contribution in [3.8, 4) is 11.6 Å². The number of benzene rings is 1. The zero-order valence-corrected chi connectivity index (χ0v) is 17.0. The molecule has 3 heterocycles. The van der Waals surface area contributed by atoms with E-state index in [1.165, 1.54) is 12.6 Å². The Morgan fingerprint density at radius 3 is 2.83 bits per heavy atom. The number of amides is 1. The standard InChI is InChI=1S/C21H21ClN4O3/c1-14-10-16(5-6-17(14)22)29-20-11-19(23-13-24-20)25-7-8-26(15(2)12-25)21(27)18-4-3-9-28-18/h3-6,9-11,13,15H,7-8,12H2,1-2H3/t15-/m1/s1. The van der Waals surface area contributed by atoms with Gasteiger partial charge >= 0.3 is 0 Å². The summed E-state index contributed by atoms with van der Waals surface area (Å²) in [5, 5.41) is 0.691. The Hall–Kier alpha value is -3.06. The van der Waals surface area contributed by atoms with Gasteiger partial charge in [-0.15, -0.1) is 0 Å². The lowest BCUT2D eigenvalue weighted by atomic mass is 10.1. The summed E-state index contributed by atoms with van der Waals surface area (Å²) in [5.74, 6) is 2.16. The van der Waals surface area contributed by atoms with Gasteiger partial charge in [0.15, 0.2) is 5.76 Å². The quantitative estimate of drug-likeness (QED) is 0.640. The van der Waals surface area contributed by atoms with E-state index in [2.05, 4.69) is 14.9 Å². The molecule has 150 valence electrons. The van der Waals surface area contributed by atoms with Crippen LogP contribution in [0, 0.1) is 6.92 Å².